The molecule has 0 amide bonds. The van der Waals surface area contributed by atoms with Gasteiger partial charge < -0.3 is 0 Å². The summed E-state index contributed by atoms with van der Waals surface area (Å²) in [6.07, 6.45) is 5.15. The Morgan fingerprint density at radius 2 is 1.44 bits per heavy atom. The Balaban J connectivity index is 2.61. The first-order valence-corrected chi connectivity index (χ1v) is 7.65. The normalized spacial score (nSPS) is 13.3. The molecule has 1 aromatic carbocycles. The number of benzene rings is 1. The standard InChI is InChI=1S/C18H30/c1-6-16(7-2)13-15(5)18-10-8-17(9-11-18)12-14(3)4/h8-11,14-16H,6-7,12-13H2,1-5H3. The van der Waals surface area contributed by atoms with Crippen molar-refractivity contribution in [2.24, 2.45) is 11.8 Å². The van der Waals surface area contributed by atoms with Crippen LogP contribution in [-0.4, -0.2) is 0 Å². The van der Waals surface area contributed by atoms with Crippen LogP contribution in [0.15, 0.2) is 24.3 Å². The van der Waals surface area contributed by atoms with Crippen molar-refractivity contribution in [1.29, 1.82) is 0 Å². The van der Waals surface area contributed by atoms with Crippen LogP contribution in [-0.2, 0) is 6.42 Å². The van der Waals surface area contributed by atoms with Crippen molar-refractivity contribution in [3.63, 3.8) is 0 Å². The fourth-order valence-electron chi connectivity index (χ4n) is 2.71. The second-order valence-electron chi connectivity index (χ2n) is 6.16. The zero-order chi connectivity index (χ0) is 13.5. The largest absolute Gasteiger partial charge is 0.0651 e. The van der Waals surface area contributed by atoms with E-state index >= 15 is 0 Å². The lowest BCUT2D eigenvalue weighted by molar-refractivity contribution is 0.422. The van der Waals surface area contributed by atoms with Crippen LogP contribution in [0.3, 0.4) is 0 Å². The zero-order valence-electron chi connectivity index (χ0n) is 12.9. The van der Waals surface area contributed by atoms with Crippen molar-refractivity contribution in [2.45, 2.75) is 66.2 Å². The minimum absolute atomic E-state index is 0.697. The number of hydrogen-bond acceptors (Lipinski definition) is 0. The van der Waals surface area contributed by atoms with Gasteiger partial charge in [0.15, 0.2) is 0 Å². The molecule has 18 heavy (non-hydrogen) atoms. The predicted molar refractivity (Wildman–Crippen MR) is 82.1 cm³/mol. The van der Waals surface area contributed by atoms with Crippen molar-refractivity contribution < 1.29 is 0 Å². The van der Waals surface area contributed by atoms with E-state index in [2.05, 4.69) is 58.9 Å². The van der Waals surface area contributed by atoms with Gasteiger partial charge in [-0.25, -0.2) is 0 Å². The summed E-state index contributed by atoms with van der Waals surface area (Å²) >= 11 is 0. The number of rotatable bonds is 7. The van der Waals surface area contributed by atoms with Crippen molar-refractivity contribution in [1.82, 2.24) is 0 Å². The minimum Gasteiger partial charge on any atom is -0.0651 e. The molecule has 0 saturated heterocycles. The highest BCUT2D eigenvalue weighted by Gasteiger charge is 2.11. The Labute approximate surface area is 114 Å². The molecule has 1 aromatic rings. The van der Waals surface area contributed by atoms with Crippen LogP contribution in [0.25, 0.3) is 0 Å². The van der Waals surface area contributed by atoms with Crippen molar-refractivity contribution in [2.75, 3.05) is 0 Å². The Bertz CT molecular complexity index is 316. The van der Waals surface area contributed by atoms with Gasteiger partial charge in [-0.1, -0.05) is 71.7 Å². The smallest absolute Gasteiger partial charge is 0.0188 e. The summed E-state index contributed by atoms with van der Waals surface area (Å²) in [4.78, 5) is 0. The minimum atomic E-state index is 0.697. The second kappa shape index (κ2) is 7.61. The van der Waals surface area contributed by atoms with Crippen LogP contribution < -0.4 is 0 Å². The summed E-state index contributed by atoms with van der Waals surface area (Å²) in [7, 11) is 0. The molecule has 0 nitrogen and oxygen atoms in total. The molecule has 0 bridgehead atoms. The van der Waals surface area contributed by atoms with Gasteiger partial charge in [-0.15, -0.1) is 0 Å². The molecule has 0 radical (unpaired) electrons. The topological polar surface area (TPSA) is 0 Å². The lowest BCUT2D eigenvalue weighted by Gasteiger charge is -2.19. The van der Waals surface area contributed by atoms with Gasteiger partial charge in [0, 0.05) is 0 Å². The Hall–Kier alpha value is -0.780. The van der Waals surface area contributed by atoms with Crippen molar-refractivity contribution in [3.05, 3.63) is 35.4 Å². The van der Waals surface area contributed by atoms with Gasteiger partial charge in [-0.05, 0) is 41.7 Å². The molecule has 0 aliphatic rings. The van der Waals surface area contributed by atoms with Crippen molar-refractivity contribution >= 4 is 0 Å². The van der Waals surface area contributed by atoms with Gasteiger partial charge in [0.05, 0.1) is 0 Å². The summed E-state index contributed by atoms with van der Waals surface area (Å²) in [6, 6.07) is 9.31. The molecule has 0 fully saturated rings. The fourth-order valence-corrected chi connectivity index (χ4v) is 2.71. The highest BCUT2D eigenvalue weighted by atomic mass is 14.2. The Morgan fingerprint density at radius 3 is 1.89 bits per heavy atom. The quantitative estimate of drug-likeness (QED) is 0.569. The maximum absolute atomic E-state index is 2.37. The molecule has 0 aromatic heterocycles. The van der Waals surface area contributed by atoms with E-state index in [1.54, 1.807) is 0 Å². The molecule has 0 heterocycles. The third-order valence-corrected chi connectivity index (χ3v) is 4.03. The van der Waals surface area contributed by atoms with E-state index in [1.807, 2.05) is 0 Å². The van der Waals surface area contributed by atoms with E-state index < -0.39 is 0 Å². The van der Waals surface area contributed by atoms with Crippen LogP contribution in [0.2, 0.25) is 0 Å². The first kappa shape index (κ1) is 15.3. The van der Waals surface area contributed by atoms with Crippen LogP contribution in [0.5, 0.6) is 0 Å². The van der Waals surface area contributed by atoms with E-state index in [0.717, 1.165) is 11.8 Å². The Kier molecular flexibility index (Phi) is 6.46. The van der Waals surface area contributed by atoms with E-state index in [4.69, 9.17) is 0 Å². The zero-order valence-corrected chi connectivity index (χ0v) is 12.9. The van der Waals surface area contributed by atoms with Crippen molar-refractivity contribution in [3.8, 4) is 0 Å². The lowest BCUT2D eigenvalue weighted by atomic mass is 9.87. The van der Waals surface area contributed by atoms with Gasteiger partial charge in [-0.2, -0.15) is 0 Å². The average Bonchev–Trinajstić information content (AvgIpc) is 2.35. The van der Waals surface area contributed by atoms with E-state index in [1.165, 1.54) is 36.8 Å². The molecule has 1 unspecified atom stereocenters. The summed E-state index contributed by atoms with van der Waals surface area (Å²) in [6.45, 7) is 11.6. The second-order valence-corrected chi connectivity index (χ2v) is 6.16. The number of hydrogen-bond donors (Lipinski definition) is 0. The molecule has 102 valence electrons. The molecular formula is C18H30. The predicted octanol–water partition coefficient (Wildman–Crippen LogP) is 5.81. The van der Waals surface area contributed by atoms with Crippen LogP contribution in [0.4, 0.5) is 0 Å². The summed E-state index contributed by atoms with van der Waals surface area (Å²) in [5.41, 5.74) is 2.98. The molecule has 0 saturated carbocycles. The molecule has 0 N–H and O–H groups in total. The monoisotopic (exact) mass is 246 g/mol. The maximum Gasteiger partial charge on any atom is -0.0188 e. The SMILES string of the molecule is CCC(CC)CC(C)c1ccc(CC(C)C)cc1. The lowest BCUT2D eigenvalue weighted by Crippen LogP contribution is -2.04. The first-order valence-electron chi connectivity index (χ1n) is 7.65. The van der Waals surface area contributed by atoms with E-state index in [-0.39, 0.29) is 0 Å². The molecule has 1 atom stereocenters. The summed E-state index contributed by atoms with van der Waals surface area (Å²) in [5.74, 6) is 2.33. The third-order valence-electron chi connectivity index (χ3n) is 4.03. The highest BCUT2D eigenvalue weighted by molar-refractivity contribution is 5.25. The molecule has 0 spiro atoms. The van der Waals surface area contributed by atoms with E-state index in [0.29, 0.717) is 5.92 Å². The third kappa shape index (κ3) is 4.84. The molecule has 1 rings (SSSR count). The molecular weight excluding hydrogens is 216 g/mol. The molecule has 0 aliphatic carbocycles. The first-order chi connectivity index (χ1) is 8.56. The molecule has 0 heteroatoms. The molecule has 0 aliphatic heterocycles. The fraction of sp³-hybridized carbons (Fsp3) is 0.667. The van der Waals surface area contributed by atoms with Gasteiger partial charge in [0.1, 0.15) is 0 Å². The summed E-state index contributed by atoms with van der Waals surface area (Å²) in [5, 5.41) is 0. The maximum atomic E-state index is 2.37. The van der Waals surface area contributed by atoms with Gasteiger partial charge in [0.25, 0.3) is 0 Å². The van der Waals surface area contributed by atoms with Gasteiger partial charge >= 0.3 is 0 Å². The summed E-state index contributed by atoms with van der Waals surface area (Å²) < 4.78 is 0. The van der Waals surface area contributed by atoms with Crippen LogP contribution in [0, 0.1) is 11.8 Å². The van der Waals surface area contributed by atoms with Gasteiger partial charge in [0.2, 0.25) is 0 Å². The van der Waals surface area contributed by atoms with Gasteiger partial charge in [-0.3, -0.25) is 0 Å². The van der Waals surface area contributed by atoms with Crippen LogP contribution >= 0.6 is 0 Å². The van der Waals surface area contributed by atoms with Crippen LogP contribution in [0.1, 0.15) is 70.9 Å². The van der Waals surface area contributed by atoms with E-state index in [9.17, 15) is 0 Å². The Morgan fingerprint density at radius 1 is 0.889 bits per heavy atom. The highest BCUT2D eigenvalue weighted by Crippen LogP contribution is 2.27. The average molecular weight is 246 g/mol.